The summed E-state index contributed by atoms with van der Waals surface area (Å²) in [5, 5.41) is 22.2. The fourth-order valence-corrected chi connectivity index (χ4v) is 1.28. The number of aliphatic hydroxyl groups excluding tert-OH is 1. The smallest absolute Gasteiger partial charge is 0.332 e. The van der Waals surface area contributed by atoms with Crippen LogP contribution in [0.3, 0.4) is 0 Å². The quantitative estimate of drug-likeness (QED) is 0.390. The minimum atomic E-state index is -1.51. The van der Waals surface area contributed by atoms with Gasteiger partial charge in [-0.25, -0.2) is 9.59 Å². The number of primary amides is 1. The van der Waals surface area contributed by atoms with Crippen molar-refractivity contribution in [1.82, 2.24) is 10.6 Å². The van der Waals surface area contributed by atoms with Crippen LogP contribution in [0.5, 0.6) is 0 Å². The Labute approximate surface area is 105 Å². The first-order valence-corrected chi connectivity index (χ1v) is 5.39. The van der Waals surface area contributed by atoms with E-state index in [-0.39, 0.29) is 19.4 Å². The Kier molecular flexibility index (Phi) is 6.11. The van der Waals surface area contributed by atoms with Crippen molar-refractivity contribution in [2.24, 2.45) is 5.73 Å². The molecule has 104 valence electrons. The maximum Gasteiger partial charge on any atom is 0.332 e. The third-order valence-corrected chi connectivity index (χ3v) is 2.06. The van der Waals surface area contributed by atoms with Gasteiger partial charge in [0.25, 0.3) is 0 Å². The van der Waals surface area contributed by atoms with Gasteiger partial charge in [0.15, 0.2) is 6.10 Å². The van der Waals surface area contributed by atoms with Crippen LogP contribution in [0.15, 0.2) is 0 Å². The molecule has 0 radical (unpaired) electrons. The maximum atomic E-state index is 11.4. The van der Waals surface area contributed by atoms with Crippen LogP contribution in [0.25, 0.3) is 0 Å². The zero-order valence-corrected chi connectivity index (χ0v) is 10.4. The van der Waals surface area contributed by atoms with Crippen molar-refractivity contribution in [3.8, 4) is 0 Å². The van der Waals surface area contributed by atoms with Crippen LogP contribution in [-0.4, -0.2) is 46.3 Å². The molecule has 0 bridgehead atoms. The minimum absolute atomic E-state index is 0.00590. The van der Waals surface area contributed by atoms with Crippen LogP contribution in [0, 0.1) is 0 Å². The van der Waals surface area contributed by atoms with Crippen LogP contribution >= 0.6 is 0 Å². The molecule has 8 heteroatoms. The first kappa shape index (κ1) is 16.2. The topological polar surface area (TPSA) is 142 Å². The van der Waals surface area contributed by atoms with Gasteiger partial charge in [-0.15, -0.1) is 0 Å². The summed E-state index contributed by atoms with van der Waals surface area (Å²) in [4.78, 5) is 32.4. The molecule has 0 saturated carbocycles. The number of carboxylic acid groups (broad SMARTS) is 1. The van der Waals surface area contributed by atoms with Gasteiger partial charge in [-0.1, -0.05) is 0 Å². The average molecular weight is 261 g/mol. The van der Waals surface area contributed by atoms with E-state index in [4.69, 9.17) is 15.9 Å². The fraction of sp³-hybridized carbons (Fsp3) is 0.700. The molecule has 0 fully saturated rings. The highest BCUT2D eigenvalue weighted by atomic mass is 16.4. The second kappa shape index (κ2) is 6.80. The number of amides is 3. The Balaban J connectivity index is 3.97. The number of urea groups is 1. The van der Waals surface area contributed by atoms with E-state index < -0.39 is 29.6 Å². The number of hydrogen-bond acceptors (Lipinski definition) is 4. The summed E-state index contributed by atoms with van der Waals surface area (Å²) in [6.45, 7) is 3.26. The molecule has 0 heterocycles. The third-order valence-electron chi connectivity index (χ3n) is 2.06. The predicted octanol–water partition coefficient (Wildman–Crippen LogP) is -1.22. The number of aliphatic hydroxyl groups is 1. The number of carbonyl (C=O) groups excluding carboxylic acids is 2. The molecule has 0 spiro atoms. The van der Waals surface area contributed by atoms with E-state index in [9.17, 15) is 14.4 Å². The summed E-state index contributed by atoms with van der Waals surface area (Å²) in [5.74, 6) is -1.88. The number of hydrogen-bond donors (Lipinski definition) is 5. The monoisotopic (exact) mass is 261 g/mol. The van der Waals surface area contributed by atoms with Crippen molar-refractivity contribution in [1.29, 1.82) is 0 Å². The van der Waals surface area contributed by atoms with Crippen LogP contribution < -0.4 is 16.4 Å². The molecule has 0 rings (SSSR count). The van der Waals surface area contributed by atoms with Crippen LogP contribution in [0.4, 0.5) is 4.79 Å². The molecule has 0 aromatic rings. The third kappa shape index (κ3) is 7.44. The molecule has 0 saturated heterocycles. The number of aliphatic carboxylic acids is 1. The molecule has 1 unspecified atom stereocenters. The van der Waals surface area contributed by atoms with Crippen molar-refractivity contribution in [2.45, 2.75) is 38.3 Å². The Bertz CT molecular complexity index is 329. The number of carboxylic acids is 1. The van der Waals surface area contributed by atoms with Gasteiger partial charge in [0.2, 0.25) is 5.91 Å². The maximum absolute atomic E-state index is 11.4. The molecule has 18 heavy (non-hydrogen) atoms. The molecule has 0 aliphatic carbocycles. The molecule has 0 aromatic carbocycles. The number of nitrogens with two attached hydrogens (primary N) is 1. The molecule has 1 atom stereocenters. The van der Waals surface area contributed by atoms with Gasteiger partial charge in [0.1, 0.15) is 0 Å². The Morgan fingerprint density at radius 2 is 1.89 bits per heavy atom. The Hall–Kier alpha value is -1.83. The molecule has 6 N–H and O–H groups in total. The zero-order valence-electron chi connectivity index (χ0n) is 10.4. The lowest BCUT2D eigenvalue weighted by molar-refractivity contribution is -0.146. The lowest BCUT2D eigenvalue weighted by Gasteiger charge is -2.24. The summed E-state index contributed by atoms with van der Waals surface area (Å²) >= 11 is 0. The molecule has 3 amide bonds. The SMILES string of the molecule is CC(C)(CC(N)=O)NC(=O)NCCC(O)C(=O)O. The van der Waals surface area contributed by atoms with E-state index in [1.165, 1.54) is 0 Å². The second-order valence-electron chi connectivity index (χ2n) is 4.55. The Morgan fingerprint density at radius 3 is 2.33 bits per heavy atom. The highest BCUT2D eigenvalue weighted by molar-refractivity contribution is 5.78. The first-order valence-electron chi connectivity index (χ1n) is 5.39. The summed E-state index contributed by atoms with van der Waals surface area (Å²) in [5.41, 5.74) is 4.23. The van der Waals surface area contributed by atoms with Crippen LogP contribution in [-0.2, 0) is 9.59 Å². The van der Waals surface area contributed by atoms with Gasteiger partial charge in [0, 0.05) is 24.9 Å². The van der Waals surface area contributed by atoms with E-state index in [1.54, 1.807) is 13.8 Å². The lowest BCUT2D eigenvalue weighted by atomic mass is 10.0. The van der Waals surface area contributed by atoms with E-state index in [0.29, 0.717) is 0 Å². The predicted molar refractivity (Wildman–Crippen MR) is 62.7 cm³/mol. The van der Waals surface area contributed by atoms with Gasteiger partial charge in [-0.3, -0.25) is 4.79 Å². The van der Waals surface area contributed by atoms with E-state index in [0.717, 1.165) is 0 Å². The number of nitrogens with one attached hydrogen (secondary N) is 2. The summed E-state index contributed by atoms with van der Waals surface area (Å²) in [6, 6.07) is -0.557. The van der Waals surface area contributed by atoms with E-state index >= 15 is 0 Å². The molecule has 0 aliphatic rings. The van der Waals surface area contributed by atoms with Crippen LogP contribution in [0.2, 0.25) is 0 Å². The molecular formula is C10H19N3O5. The van der Waals surface area contributed by atoms with Gasteiger partial charge in [-0.2, -0.15) is 0 Å². The number of rotatable bonds is 7. The largest absolute Gasteiger partial charge is 0.479 e. The summed E-state index contributed by atoms with van der Waals surface area (Å²) in [6.07, 6.45) is -1.62. The Morgan fingerprint density at radius 1 is 1.33 bits per heavy atom. The van der Waals surface area contributed by atoms with Gasteiger partial charge in [0.05, 0.1) is 0 Å². The van der Waals surface area contributed by atoms with Crippen molar-refractivity contribution in [3.63, 3.8) is 0 Å². The van der Waals surface area contributed by atoms with E-state index in [2.05, 4.69) is 10.6 Å². The molecule has 0 aliphatic heterocycles. The van der Waals surface area contributed by atoms with E-state index in [1.807, 2.05) is 0 Å². The van der Waals surface area contributed by atoms with Crippen molar-refractivity contribution >= 4 is 17.9 Å². The highest BCUT2D eigenvalue weighted by Gasteiger charge is 2.22. The summed E-state index contributed by atoms with van der Waals surface area (Å²) < 4.78 is 0. The average Bonchev–Trinajstić information content (AvgIpc) is 2.13. The van der Waals surface area contributed by atoms with Gasteiger partial charge < -0.3 is 26.6 Å². The lowest BCUT2D eigenvalue weighted by Crippen LogP contribution is -2.50. The van der Waals surface area contributed by atoms with Crippen molar-refractivity contribution in [3.05, 3.63) is 0 Å². The zero-order chi connectivity index (χ0) is 14.3. The molecule has 8 nitrogen and oxygen atoms in total. The highest BCUT2D eigenvalue weighted by Crippen LogP contribution is 2.06. The first-order chi connectivity index (χ1) is 8.14. The minimum Gasteiger partial charge on any atom is -0.479 e. The normalized spacial score (nSPS) is 12.6. The second-order valence-corrected chi connectivity index (χ2v) is 4.55. The van der Waals surface area contributed by atoms with Crippen molar-refractivity contribution in [2.75, 3.05) is 6.54 Å². The molecular weight excluding hydrogens is 242 g/mol. The van der Waals surface area contributed by atoms with Gasteiger partial charge >= 0.3 is 12.0 Å². The molecule has 0 aromatic heterocycles. The van der Waals surface area contributed by atoms with Crippen LogP contribution in [0.1, 0.15) is 26.7 Å². The standard InChI is InChI=1S/C10H19N3O5/c1-10(2,5-7(11)15)13-9(18)12-4-3-6(14)8(16)17/h6,14H,3-5H2,1-2H3,(H2,11,15)(H,16,17)(H2,12,13,18). The van der Waals surface area contributed by atoms with Gasteiger partial charge in [-0.05, 0) is 13.8 Å². The fourth-order valence-electron chi connectivity index (χ4n) is 1.28. The number of carbonyl (C=O) groups is 3. The summed E-state index contributed by atoms with van der Waals surface area (Å²) in [7, 11) is 0. The van der Waals surface area contributed by atoms with Crippen molar-refractivity contribution < 1.29 is 24.6 Å².